The van der Waals surface area contributed by atoms with Gasteiger partial charge in [0, 0.05) is 49.7 Å². The number of aromatic nitrogens is 1. The zero-order chi connectivity index (χ0) is 26.1. The molecule has 7 heteroatoms. The van der Waals surface area contributed by atoms with E-state index in [-0.39, 0.29) is 11.7 Å². The Labute approximate surface area is 220 Å². The molecule has 0 bridgehead atoms. The molecule has 0 aliphatic carbocycles. The minimum Gasteiger partial charge on any atom is -0.382 e. The molecule has 0 atom stereocenters. The van der Waals surface area contributed by atoms with Crippen LogP contribution >= 0.6 is 11.6 Å². The van der Waals surface area contributed by atoms with Gasteiger partial charge in [-0.25, -0.2) is 9.98 Å². The normalized spacial score (nSPS) is 13.1. The minimum absolute atomic E-state index is 0.163. The van der Waals surface area contributed by atoms with Crippen molar-refractivity contribution in [1.82, 2.24) is 9.88 Å². The average molecular weight is 508 g/mol. The highest BCUT2D eigenvalue weighted by molar-refractivity contribution is 6.33. The third-order valence-corrected chi connectivity index (χ3v) is 6.86. The van der Waals surface area contributed by atoms with Gasteiger partial charge in [0.1, 0.15) is 5.78 Å². The van der Waals surface area contributed by atoms with Crippen LogP contribution < -0.4 is 10.2 Å². The molecule has 0 radical (unpaired) electrons. The summed E-state index contributed by atoms with van der Waals surface area (Å²) in [4.78, 5) is 24.8. The summed E-state index contributed by atoms with van der Waals surface area (Å²) in [7, 11) is 0. The summed E-state index contributed by atoms with van der Waals surface area (Å²) in [6, 6.07) is 10.2. The van der Waals surface area contributed by atoms with Crippen LogP contribution in [0, 0.1) is 5.92 Å². The fraction of sp³-hybridized carbons (Fsp3) is 0.414. The number of halogens is 1. The van der Waals surface area contributed by atoms with Crippen LogP contribution in [0.25, 0.3) is 11.3 Å². The molecule has 2 aromatic rings. The van der Waals surface area contributed by atoms with Gasteiger partial charge in [0.05, 0.1) is 22.3 Å². The van der Waals surface area contributed by atoms with Gasteiger partial charge >= 0.3 is 0 Å². The molecule has 0 amide bonds. The number of ketones is 1. The van der Waals surface area contributed by atoms with Crippen molar-refractivity contribution in [2.24, 2.45) is 10.9 Å². The Morgan fingerprint density at radius 1 is 1.31 bits per heavy atom. The molecule has 192 valence electrons. The summed E-state index contributed by atoms with van der Waals surface area (Å²) < 4.78 is 0. The number of anilines is 2. The van der Waals surface area contributed by atoms with Gasteiger partial charge < -0.3 is 15.1 Å². The molecule has 36 heavy (non-hydrogen) atoms. The molecule has 3 rings (SSSR count). The Hall–Kier alpha value is -3.12. The quantitative estimate of drug-likeness (QED) is 0.164. The Kier molecular flexibility index (Phi) is 10.1. The number of carbonyl (C=O) groups excluding carboxylic acids is 1. The zero-order valence-corrected chi connectivity index (χ0v) is 22.4. The largest absolute Gasteiger partial charge is 0.382 e. The van der Waals surface area contributed by atoms with Crippen LogP contribution in [0.4, 0.5) is 17.2 Å². The van der Waals surface area contributed by atoms with E-state index in [0.29, 0.717) is 16.5 Å². The lowest BCUT2D eigenvalue weighted by molar-refractivity contribution is -0.124. The maximum absolute atomic E-state index is 11.4. The summed E-state index contributed by atoms with van der Waals surface area (Å²) in [6.07, 6.45) is 5.75. The first kappa shape index (κ1) is 27.5. The van der Waals surface area contributed by atoms with Gasteiger partial charge in [-0.2, -0.15) is 0 Å². The SMILES string of the molecule is C=CCCN(CCC)c1ccc(-c2nc(N=C)c(NCCCC(=C)N3CC(C(C)=O)C3)cc2Cl)cc1. The summed E-state index contributed by atoms with van der Waals surface area (Å²) in [5.74, 6) is 0.954. The highest BCUT2D eigenvalue weighted by Gasteiger charge is 2.30. The molecule has 6 nitrogen and oxygen atoms in total. The number of Topliss-reactive ketones (excluding diaryl/α,β-unsaturated/α-hetero) is 1. The van der Waals surface area contributed by atoms with Crippen LogP contribution in [0.3, 0.4) is 0 Å². The lowest BCUT2D eigenvalue weighted by Gasteiger charge is -2.41. The minimum atomic E-state index is 0.163. The van der Waals surface area contributed by atoms with Gasteiger partial charge in [0.25, 0.3) is 0 Å². The molecule has 1 N–H and O–H groups in total. The number of allylic oxidation sites excluding steroid dienone is 1. The Bertz CT molecular complexity index is 1080. The van der Waals surface area contributed by atoms with Crippen molar-refractivity contribution in [3.8, 4) is 11.3 Å². The molecule has 0 spiro atoms. The first-order valence-corrected chi connectivity index (χ1v) is 13.1. The van der Waals surface area contributed by atoms with Crippen LogP contribution in [0.2, 0.25) is 5.02 Å². The van der Waals surface area contributed by atoms with Crippen LogP contribution in [0.1, 0.15) is 39.5 Å². The van der Waals surface area contributed by atoms with Gasteiger partial charge in [0.15, 0.2) is 5.82 Å². The fourth-order valence-electron chi connectivity index (χ4n) is 4.32. The first-order valence-electron chi connectivity index (χ1n) is 12.7. The standard InChI is InChI=1S/C29H38ClN5O/c1-6-8-17-34(16-7-2)25-13-11-23(12-14-25)28-26(30)18-27(29(31-5)33-28)32-15-9-10-21(3)35-19-24(20-35)22(4)36/h6,11-14,18,24,32H,1,3,5,7-10,15-17,19-20H2,2,4H3. The molecular weight excluding hydrogens is 470 g/mol. The second kappa shape index (κ2) is 13.3. The highest BCUT2D eigenvalue weighted by atomic mass is 35.5. The third-order valence-electron chi connectivity index (χ3n) is 6.57. The smallest absolute Gasteiger partial charge is 0.175 e. The number of pyridine rings is 1. The summed E-state index contributed by atoms with van der Waals surface area (Å²) in [5, 5.41) is 3.95. The predicted molar refractivity (Wildman–Crippen MR) is 154 cm³/mol. The number of rotatable bonds is 15. The molecule has 1 aliphatic rings. The Morgan fingerprint density at radius 3 is 2.64 bits per heavy atom. The third kappa shape index (κ3) is 6.97. The van der Waals surface area contributed by atoms with E-state index < -0.39 is 0 Å². The van der Waals surface area contributed by atoms with Crippen LogP contribution in [0.15, 0.2) is 60.3 Å². The molecule has 0 saturated carbocycles. The van der Waals surface area contributed by atoms with E-state index in [0.717, 1.165) is 75.4 Å². The second-order valence-electron chi connectivity index (χ2n) is 9.27. The zero-order valence-electron chi connectivity index (χ0n) is 21.6. The molecule has 1 aliphatic heterocycles. The number of nitrogens with one attached hydrogen (secondary N) is 1. The number of carbonyl (C=O) groups is 1. The van der Waals surface area contributed by atoms with Crippen molar-refractivity contribution in [3.05, 3.63) is 60.3 Å². The van der Waals surface area contributed by atoms with Gasteiger partial charge in [-0.1, -0.05) is 43.3 Å². The monoisotopic (exact) mass is 507 g/mol. The maximum Gasteiger partial charge on any atom is 0.175 e. The summed E-state index contributed by atoms with van der Waals surface area (Å²) in [5.41, 5.74) is 4.65. The van der Waals surface area contributed by atoms with E-state index in [1.165, 1.54) is 5.69 Å². The van der Waals surface area contributed by atoms with Crippen LogP contribution in [0.5, 0.6) is 0 Å². The molecule has 1 fully saturated rings. The molecule has 1 saturated heterocycles. The lowest BCUT2D eigenvalue weighted by Crippen LogP contribution is -2.48. The molecular formula is C29H38ClN5O. The van der Waals surface area contributed by atoms with Crippen molar-refractivity contribution < 1.29 is 4.79 Å². The van der Waals surface area contributed by atoms with E-state index in [1.807, 2.05) is 12.1 Å². The van der Waals surface area contributed by atoms with Gasteiger partial charge in [-0.15, -0.1) is 6.58 Å². The second-order valence-corrected chi connectivity index (χ2v) is 9.68. The topological polar surface area (TPSA) is 60.8 Å². The van der Waals surface area contributed by atoms with Crippen molar-refractivity contribution in [2.45, 2.75) is 39.5 Å². The molecule has 1 aromatic carbocycles. The number of benzene rings is 1. The van der Waals surface area contributed by atoms with E-state index in [4.69, 9.17) is 16.6 Å². The molecule has 2 heterocycles. The Morgan fingerprint density at radius 2 is 2.03 bits per heavy atom. The predicted octanol–water partition coefficient (Wildman–Crippen LogP) is 6.75. The number of hydrogen-bond donors (Lipinski definition) is 1. The number of likely N-dealkylation sites (tertiary alicyclic amines) is 1. The van der Waals surface area contributed by atoms with Gasteiger partial charge in [-0.05, 0) is 57.5 Å². The van der Waals surface area contributed by atoms with Crippen molar-refractivity contribution >= 4 is 41.3 Å². The highest BCUT2D eigenvalue weighted by Crippen LogP contribution is 2.35. The van der Waals surface area contributed by atoms with Gasteiger partial charge in [-0.3, -0.25) is 4.79 Å². The van der Waals surface area contributed by atoms with Gasteiger partial charge in [0.2, 0.25) is 0 Å². The Balaban J connectivity index is 1.60. The van der Waals surface area contributed by atoms with E-state index in [2.05, 4.69) is 71.2 Å². The van der Waals surface area contributed by atoms with E-state index in [1.54, 1.807) is 6.92 Å². The summed E-state index contributed by atoms with van der Waals surface area (Å²) >= 11 is 6.65. The number of nitrogens with zero attached hydrogens (tertiary/aromatic N) is 4. The van der Waals surface area contributed by atoms with Crippen molar-refractivity contribution in [1.29, 1.82) is 0 Å². The average Bonchev–Trinajstić information content (AvgIpc) is 2.83. The maximum atomic E-state index is 11.4. The van der Waals surface area contributed by atoms with Crippen LogP contribution in [-0.4, -0.2) is 55.1 Å². The summed E-state index contributed by atoms with van der Waals surface area (Å²) in [6.45, 7) is 19.8. The first-order chi connectivity index (χ1) is 17.4. The van der Waals surface area contributed by atoms with Crippen molar-refractivity contribution in [2.75, 3.05) is 42.9 Å². The molecule has 1 aromatic heterocycles. The lowest BCUT2D eigenvalue weighted by atomic mass is 9.95. The van der Waals surface area contributed by atoms with Crippen molar-refractivity contribution in [3.63, 3.8) is 0 Å². The van der Waals surface area contributed by atoms with Crippen LogP contribution in [-0.2, 0) is 4.79 Å². The van der Waals surface area contributed by atoms with E-state index >= 15 is 0 Å². The number of hydrogen-bond acceptors (Lipinski definition) is 6. The number of aliphatic imine (C=N–C) groups is 1. The van der Waals surface area contributed by atoms with E-state index in [9.17, 15) is 4.79 Å². The fourth-order valence-corrected chi connectivity index (χ4v) is 4.58. The molecule has 0 unspecified atom stereocenters.